The summed E-state index contributed by atoms with van der Waals surface area (Å²) < 4.78 is 45.4. The summed E-state index contributed by atoms with van der Waals surface area (Å²) in [7, 11) is 1.77. The first-order valence-electron chi connectivity index (χ1n) is 9.43. The molecule has 0 saturated carbocycles. The first kappa shape index (κ1) is 24.8. The van der Waals surface area contributed by atoms with Crippen molar-refractivity contribution in [3.8, 4) is 5.75 Å². The number of nitrogens with one attached hydrogen (secondary N) is 1. The smallest absolute Gasteiger partial charge is 0.387 e. The highest BCUT2D eigenvalue weighted by Crippen LogP contribution is 2.24. The Kier molecular flexibility index (Phi) is 8.95. The van der Waals surface area contributed by atoms with Crippen molar-refractivity contribution in [2.75, 3.05) is 31.1 Å². The maximum absolute atomic E-state index is 14.2. The second kappa shape index (κ2) is 11.2. The second-order valence-electron chi connectivity index (χ2n) is 6.60. The topological polar surface area (TPSA) is 75.0 Å². The molecule has 0 spiro atoms. The summed E-state index contributed by atoms with van der Waals surface area (Å²) in [6, 6.07) is 3.72. The SMILES string of the molecule is CCNC(=NCc1c(F)cccc1OC(F)F)N1CCN(c2cnn(C)c2)C(=O)C1.I. The Bertz CT molecular complexity index is 924. The summed E-state index contributed by atoms with van der Waals surface area (Å²) in [6.07, 6.45) is 3.38. The van der Waals surface area contributed by atoms with E-state index < -0.39 is 12.4 Å². The molecule has 0 bridgehead atoms. The molecular formula is C19H24F3IN6O2. The molecule has 2 aromatic rings. The minimum absolute atomic E-state index is 0. The van der Waals surface area contributed by atoms with Gasteiger partial charge in [0.1, 0.15) is 18.1 Å². The number of rotatable bonds is 6. The summed E-state index contributed by atoms with van der Waals surface area (Å²) in [4.78, 5) is 20.4. The lowest BCUT2D eigenvalue weighted by atomic mass is 10.2. The van der Waals surface area contributed by atoms with Crippen LogP contribution in [0.3, 0.4) is 0 Å². The van der Waals surface area contributed by atoms with E-state index in [9.17, 15) is 18.0 Å². The van der Waals surface area contributed by atoms with Gasteiger partial charge in [0.15, 0.2) is 5.96 Å². The van der Waals surface area contributed by atoms with E-state index in [-0.39, 0.29) is 54.3 Å². The molecule has 170 valence electrons. The number of hydrogen-bond acceptors (Lipinski definition) is 4. The molecule has 0 radical (unpaired) electrons. The number of anilines is 1. The molecule has 1 aliphatic heterocycles. The maximum Gasteiger partial charge on any atom is 0.387 e. The molecule has 1 fully saturated rings. The van der Waals surface area contributed by atoms with E-state index in [0.29, 0.717) is 31.3 Å². The van der Waals surface area contributed by atoms with Crippen molar-refractivity contribution < 1.29 is 22.7 Å². The fourth-order valence-electron chi connectivity index (χ4n) is 3.15. The number of guanidine groups is 1. The first-order valence-corrected chi connectivity index (χ1v) is 9.43. The van der Waals surface area contributed by atoms with Crippen LogP contribution in [0.15, 0.2) is 35.6 Å². The average molecular weight is 552 g/mol. The highest BCUT2D eigenvalue weighted by atomic mass is 127. The predicted octanol–water partition coefficient (Wildman–Crippen LogP) is 2.59. The standard InChI is InChI=1S/C19H23F3N6O2.HI/c1-3-23-19(24-10-14-15(20)5-4-6-16(14)30-18(21)22)27-7-8-28(17(29)12-27)13-9-25-26(2)11-13;/h4-6,9,11,18H,3,7-8,10,12H2,1-2H3,(H,23,24);1H. The van der Waals surface area contributed by atoms with Crippen LogP contribution >= 0.6 is 24.0 Å². The van der Waals surface area contributed by atoms with Crippen molar-refractivity contribution in [3.05, 3.63) is 42.0 Å². The minimum Gasteiger partial charge on any atom is -0.434 e. The molecule has 1 aromatic heterocycles. The van der Waals surface area contributed by atoms with Crippen molar-refractivity contribution in [1.29, 1.82) is 0 Å². The molecule has 3 rings (SSSR count). The molecule has 0 aliphatic carbocycles. The normalized spacial score (nSPS) is 14.6. The number of aliphatic imine (C=N–C) groups is 1. The zero-order valence-corrected chi connectivity index (χ0v) is 19.4. The number of nitrogens with zero attached hydrogens (tertiary/aromatic N) is 5. The van der Waals surface area contributed by atoms with Crippen molar-refractivity contribution in [2.45, 2.75) is 20.1 Å². The van der Waals surface area contributed by atoms with Gasteiger partial charge in [-0.3, -0.25) is 9.48 Å². The van der Waals surface area contributed by atoms with Crippen molar-refractivity contribution in [3.63, 3.8) is 0 Å². The highest BCUT2D eigenvalue weighted by molar-refractivity contribution is 14.0. The monoisotopic (exact) mass is 552 g/mol. The molecule has 1 amide bonds. The molecule has 31 heavy (non-hydrogen) atoms. The van der Waals surface area contributed by atoms with Crippen LogP contribution < -0.4 is 15.0 Å². The predicted molar refractivity (Wildman–Crippen MR) is 120 cm³/mol. The summed E-state index contributed by atoms with van der Waals surface area (Å²) >= 11 is 0. The third kappa shape index (κ3) is 6.24. The number of amides is 1. The number of hydrogen-bond donors (Lipinski definition) is 1. The summed E-state index contributed by atoms with van der Waals surface area (Å²) in [5, 5.41) is 7.14. The van der Waals surface area contributed by atoms with Crippen LogP contribution in [0.25, 0.3) is 0 Å². The molecule has 1 aliphatic rings. The molecule has 12 heteroatoms. The van der Waals surface area contributed by atoms with Crippen LogP contribution in [-0.2, 0) is 18.4 Å². The lowest BCUT2D eigenvalue weighted by Crippen LogP contribution is -2.55. The number of aromatic nitrogens is 2. The van der Waals surface area contributed by atoms with E-state index in [1.165, 1.54) is 12.1 Å². The van der Waals surface area contributed by atoms with Crippen LogP contribution in [-0.4, -0.2) is 59.3 Å². The number of piperazine rings is 1. The second-order valence-corrected chi connectivity index (χ2v) is 6.60. The van der Waals surface area contributed by atoms with Crippen LogP contribution in [0.5, 0.6) is 5.75 Å². The number of carbonyl (C=O) groups is 1. The van der Waals surface area contributed by atoms with Gasteiger partial charge in [-0.15, -0.1) is 24.0 Å². The number of alkyl halides is 2. The zero-order chi connectivity index (χ0) is 21.7. The Hall–Kier alpha value is -2.51. The van der Waals surface area contributed by atoms with E-state index in [0.717, 1.165) is 6.07 Å². The minimum atomic E-state index is -3.07. The van der Waals surface area contributed by atoms with Crippen molar-refractivity contribution >= 4 is 41.5 Å². The van der Waals surface area contributed by atoms with Crippen LogP contribution in [0.4, 0.5) is 18.9 Å². The number of halogens is 4. The van der Waals surface area contributed by atoms with Crippen LogP contribution in [0.1, 0.15) is 12.5 Å². The summed E-state index contributed by atoms with van der Waals surface area (Å²) in [5.41, 5.74) is 0.637. The Labute approximate surface area is 195 Å². The highest BCUT2D eigenvalue weighted by Gasteiger charge is 2.27. The third-order valence-electron chi connectivity index (χ3n) is 4.54. The third-order valence-corrected chi connectivity index (χ3v) is 4.54. The van der Waals surface area contributed by atoms with Gasteiger partial charge in [0.25, 0.3) is 0 Å². The van der Waals surface area contributed by atoms with Gasteiger partial charge in [-0.25, -0.2) is 9.38 Å². The fraction of sp³-hybridized carbons (Fsp3) is 0.421. The van der Waals surface area contributed by atoms with Crippen LogP contribution in [0.2, 0.25) is 0 Å². The van der Waals surface area contributed by atoms with E-state index in [2.05, 4.69) is 20.1 Å². The lowest BCUT2D eigenvalue weighted by molar-refractivity contribution is -0.120. The fourth-order valence-corrected chi connectivity index (χ4v) is 3.15. The van der Waals surface area contributed by atoms with Crippen molar-refractivity contribution in [2.24, 2.45) is 12.0 Å². The van der Waals surface area contributed by atoms with Gasteiger partial charge in [-0.1, -0.05) is 6.07 Å². The van der Waals surface area contributed by atoms with Crippen molar-refractivity contribution in [1.82, 2.24) is 20.0 Å². The van der Waals surface area contributed by atoms with E-state index >= 15 is 0 Å². The molecule has 1 N–H and O–H groups in total. The van der Waals surface area contributed by atoms with Gasteiger partial charge in [-0.2, -0.15) is 13.9 Å². The first-order chi connectivity index (χ1) is 14.4. The lowest BCUT2D eigenvalue weighted by Gasteiger charge is -2.35. The number of aryl methyl sites for hydroxylation is 1. The molecule has 8 nitrogen and oxygen atoms in total. The van der Waals surface area contributed by atoms with Gasteiger partial charge in [-0.05, 0) is 19.1 Å². The Morgan fingerprint density at radius 1 is 1.35 bits per heavy atom. The molecule has 0 unspecified atom stereocenters. The Morgan fingerprint density at radius 2 is 2.13 bits per heavy atom. The van der Waals surface area contributed by atoms with E-state index in [4.69, 9.17) is 0 Å². The molecule has 1 saturated heterocycles. The average Bonchev–Trinajstić information content (AvgIpc) is 3.12. The van der Waals surface area contributed by atoms with Gasteiger partial charge in [0.2, 0.25) is 5.91 Å². The number of ether oxygens (including phenoxy) is 1. The van der Waals surface area contributed by atoms with Gasteiger partial charge < -0.3 is 19.9 Å². The van der Waals surface area contributed by atoms with Gasteiger partial charge >= 0.3 is 6.61 Å². The number of carbonyl (C=O) groups excluding carboxylic acids is 1. The maximum atomic E-state index is 14.2. The molecule has 2 heterocycles. The van der Waals surface area contributed by atoms with Crippen LogP contribution in [0, 0.1) is 5.82 Å². The van der Waals surface area contributed by atoms with Gasteiger partial charge in [0, 0.05) is 32.9 Å². The number of benzene rings is 1. The molecule has 0 atom stereocenters. The molecular weight excluding hydrogens is 528 g/mol. The molecule has 1 aromatic carbocycles. The summed E-state index contributed by atoms with van der Waals surface area (Å²) in [5.74, 6) is -0.692. The van der Waals surface area contributed by atoms with Gasteiger partial charge in [0.05, 0.1) is 24.0 Å². The quantitative estimate of drug-likeness (QED) is 0.339. The van der Waals surface area contributed by atoms with E-state index in [1.54, 1.807) is 33.9 Å². The Balaban J connectivity index is 0.00000341. The largest absolute Gasteiger partial charge is 0.434 e. The Morgan fingerprint density at radius 3 is 2.74 bits per heavy atom. The summed E-state index contributed by atoms with van der Waals surface area (Å²) in [6.45, 7) is 0.0804. The zero-order valence-electron chi connectivity index (χ0n) is 17.1. The van der Waals surface area contributed by atoms with E-state index in [1.807, 2.05) is 6.92 Å².